The minimum Gasteiger partial charge on any atom is -0.478 e. The van der Waals surface area contributed by atoms with E-state index in [1.54, 1.807) is 18.2 Å². The van der Waals surface area contributed by atoms with Gasteiger partial charge < -0.3 is 10.8 Å². The minimum absolute atomic E-state index is 0.0116. The molecule has 0 spiro atoms. The first-order valence-corrected chi connectivity index (χ1v) is 8.21. The summed E-state index contributed by atoms with van der Waals surface area (Å²) in [5.74, 6) is -1.57. The highest BCUT2D eigenvalue weighted by molar-refractivity contribution is 5.99. The number of nitrogens with two attached hydrogens (primary N) is 1. The smallest absolute Gasteiger partial charge is 0.336 e. The SMILES string of the molecule is CCCc1c(C(=O)N/N=C/c2ccccc2C(=O)O)nnn1-c1nonc1N. The first-order chi connectivity index (χ1) is 13.5. The number of nitrogen functional groups attached to an aromatic ring is 1. The molecule has 144 valence electrons. The van der Waals surface area contributed by atoms with Gasteiger partial charge in [-0.2, -0.15) is 9.78 Å². The standard InChI is InChI=1S/C16H16N8O4/c1-2-5-11-12(19-23-24(11)14-13(17)21-28-22-14)15(25)20-18-8-9-6-3-4-7-10(9)16(26)27/h3-4,6-8H,2,5H2,1H3,(H2,17,21)(H,20,25)(H,26,27)/b18-8+. The van der Waals surface area contributed by atoms with Crippen LogP contribution < -0.4 is 11.2 Å². The Bertz CT molecular complexity index is 1040. The van der Waals surface area contributed by atoms with Crippen molar-refractivity contribution in [2.24, 2.45) is 5.10 Å². The third-order valence-electron chi connectivity index (χ3n) is 3.72. The number of carboxylic acid groups (broad SMARTS) is 1. The zero-order valence-corrected chi connectivity index (χ0v) is 14.7. The molecular weight excluding hydrogens is 368 g/mol. The van der Waals surface area contributed by atoms with Crippen molar-refractivity contribution in [2.75, 3.05) is 5.73 Å². The maximum Gasteiger partial charge on any atom is 0.336 e. The van der Waals surface area contributed by atoms with Crippen molar-refractivity contribution >= 4 is 23.9 Å². The summed E-state index contributed by atoms with van der Waals surface area (Å²) in [5, 5.41) is 27.9. The highest BCUT2D eigenvalue weighted by Gasteiger charge is 2.23. The molecule has 2 aromatic heterocycles. The molecule has 12 heteroatoms. The van der Waals surface area contributed by atoms with E-state index in [9.17, 15) is 9.59 Å². The lowest BCUT2D eigenvalue weighted by Crippen LogP contribution is -2.20. The second-order valence-electron chi connectivity index (χ2n) is 5.61. The molecule has 1 aromatic carbocycles. The molecule has 0 aliphatic rings. The van der Waals surface area contributed by atoms with E-state index >= 15 is 0 Å². The van der Waals surface area contributed by atoms with Crippen molar-refractivity contribution in [3.63, 3.8) is 0 Å². The monoisotopic (exact) mass is 384 g/mol. The molecule has 0 bridgehead atoms. The third-order valence-corrected chi connectivity index (χ3v) is 3.72. The predicted octanol–water partition coefficient (Wildman–Crippen LogP) is 0.647. The number of nitrogens with one attached hydrogen (secondary N) is 1. The highest BCUT2D eigenvalue weighted by Crippen LogP contribution is 2.17. The quantitative estimate of drug-likeness (QED) is 0.390. The number of nitrogens with zero attached hydrogens (tertiary/aromatic N) is 6. The summed E-state index contributed by atoms with van der Waals surface area (Å²) in [6.45, 7) is 1.92. The van der Waals surface area contributed by atoms with Crippen LogP contribution in [-0.2, 0) is 6.42 Å². The average Bonchev–Trinajstić information content (AvgIpc) is 3.28. The van der Waals surface area contributed by atoms with E-state index < -0.39 is 11.9 Å². The largest absolute Gasteiger partial charge is 0.478 e. The number of carboxylic acids is 1. The van der Waals surface area contributed by atoms with E-state index in [1.807, 2.05) is 6.92 Å². The van der Waals surface area contributed by atoms with Crippen molar-refractivity contribution < 1.29 is 19.3 Å². The van der Waals surface area contributed by atoms with Crippen LogP contribution in [0.4, 0.5) is 5.82 Å². The van der Waals surface area contributed by atoms with Gasteiger partial charge in [0.25, 0.3) is 5.91 Å². The van der Waals surface area contributed by atoms with Crippen molar-refractivity contribution in [3.05, 3.63) is 46.8 Å². The molecule has 0 saturated carbocycles. The Morgan fingerprint density at radius 3 is 2.82 bits per heavy atom. The lowest BCUT2D eigenvalue weighted by molar-refractivity contribution is 0.0696. The van der Waals surface area contributed by atoms with Gasteiger partial charge in [-0.15, -0.1) is 5.10 Å². The average molecular weight is 384 g/mol. The minimum atomic E-state index is -1.10. The van der Waals surface area contributed by atoms with E-state index in [4.69, 9.17) is 10.8 Å². The van der Waals surface area contributed by atoms with Gasteiger partial charge >= 0.3 is 5.97 Å². The summed E-state index contributed by atoms with van der Waals surface area (Å²) in [6, 6.07) is 6.27. The normalized spacial score (nSPS) is 11.0. The van der Waals surface area contributed by atoms with Crippen molar-refractivity contribution in [3.8, 4) is 5.82 Å². The predicted molar refractivity (Wildman–Crippen MR) is 96.1 cm³/mol. The number of carbonyl (C=O) groups excluding carboxylic acids is 1. The summed E-state index contributed by atoms with van der Waals surface area (Å²) in [4.78, 5) is 23.7. The fraction of sp³-hybridized carbons (Fsp3) is 0.188. The molecule has 3 rings (SSSR count). The van der Waals surface area contributed by atoms with Gasteiger partial charge in [-0.25, -0.2) is 14.8 Å². The fourth-order valence-electron chi connectivity index (χ4n) is 2.46. The van der Waals surface area contributed by atoms with Gasteiger partial charge in [0.05, 0.1) is 17.5 Å². The third kappa shape index (κ3) is 3.70. The van der Waals surface area contributed by atoms with Crippen LogP contribution in [0.3, 0.4) is 0 Å². The van der Waals surface area contributed by atoms with Crippen LogP contribution in [0.25, 0.3) is 5.82 Å². The second-order valence-corrected chi connectivity index (χ2v) is 5.61. The number of anilines is 1. The Balaban J connectivity index is 1.83. The number of benzene rings is 1. The molecule has 1 amide bonds. The van der Waals surface area contributed by atoms with Gasteiger partial charge in [0.1, 0.15) is 0 Å². The lowest BCUT2D eigenvalue weighted by atomic mass is 10.1. The first kappa shape index (κ1) is 18.7. The van der Waals surface area contributed by atoms with Gasteiger partial charge in [0.2, 0.25) is 11.6 Å². The van der Waals surface area contributed by atoms with E-state index in [0.717, 1.165) is 0 Å². The van der Waals surface area contributed by atoms with Crippen LogP contribution in [0.2, 0.25) is 0 Å². The van der Waals surface area contributed by atoms with Crippen LogP contribution in [0, 0.1) is 0 Å². The molecule has 4 N–H and O–H groups in total. The highest BCUT2D eigenvalue weighted by atomic mass is 16.6. The number of hydrogen-bond donors (Lipinski definition) is 3. The summed E-state index contributed by atoms with van der Waals surface area (Å²) >= 11 is 0. The summed E-state index contributed by atoms with van der Waals surface area (Å²) in [5.41, 5.74) is 8.90. The van der Waals surface area contributed by atoms with Crippen LogP contribution in [0.5, 0.6) is 0 Å². The van der Waals surface area contributed by atoms with E-state index in [0.29, 0.717) is 24.1 Å². The molecule has 0 radical (unpaired) electrons. The van der Waals surface area contributed by atoms with Crippen LogP contribution >= 0.6 is 0 Å². The Labute approximate surface area is 158 Å². The molecule has 0 unspecified atom stereocenters. The topological polar surface area (TPSA) is 174 Å². The molecule has 0 aliphatic heterocycles. The van der Waals surface area contributed by atoms with E-state index in [2.05, 4.69) is 35.8 Å². The number of rotatable bonds is 7. The van der Waals surface area contributed by atoms with Crippen molar-refractivity contribution in [1.29, 1.82) is 0 Å². The zero-order chi connectivity index (χ0) is 20.1. The Morgan fingerprint density at radius 2 is 2.14 bits per heavy atom. The molecule has 2 heterocycles. The fourth-order valence-corrected chi connectivity index (χ4v) is 2.46. The zero-order valence-electron chi connectivity index (χ0n) is 14.7. The van der Waals surface area contributed by atoms with Gasteiger partial charge in [0.15, 0.2) is 5.69 Å². The number of hydrazone groups is 1. The summed E-state index contributed by atoms with van der Waals surface area (Å²) < 4.78 is 5.85. The van der Waals surface area contributed by atoms with Gasteiger partial charge in [-0.1, -0.05) is 36.8 Å². The Kier molecular flexibility index (Phi) is 5.39. The van der Waals surface area contributed by atoms with Crippen LogP contribution in [0.1, 0.15) is 45.4 Å². The number of amides is 1. The van der Waals surface area contributed by atoms with E-state index in [1.165, 1.54) is 17.0 Å². The van der Waals surface area contributed by atoms with Crippen molar-refractivity contribution in [1.82, 2.24) is 30.7 Å². The van der Waals surface area contributed by atoms with E-state index in [-0.39, 0.29) is 22.9 Å². The lowest BCUT2D eigenvalue weighted by Gasteiger charge is -2.04. The second kappa shape index (κ2) is 8.07. The van der Waals surface area contributed by atoms with Gasteiger partial charge in [-0.05, 0) is 22.8 Å². The molecule has 12 nitrogen and oxygen atoms in total. The first-order valence-electron chi connectivity index (χ1n) is 8.21. The molecule has 3 aromatic rings. The molecule has 0 aliphatic carbocycles. The molecule has 0 fully saturated rings. The summed E-state index contributed by atoms with van der Waals surface area (Å²) in [6.07, 6.45) is 2.41. The molecular formula is C16H16N8O4. The maximum atomic E-state index is 12.5. The molecule has 28 heavy (non-hydrogen) atoms. The number of aromatic carboxylic acids is 1. The molecule has 0 saturated heterocycles. The van der Waals surface area contributed by atoms with Crippen LogP contribution in [0.15, 0.2) is 34.0 Å². The number of aromatic nitrogens is 5. The van der Waals surface area contributed by atoms with Crippen molar-refractivity contribution in [2.45, 2.75) is 19.8 Å². The van der Waals surface area contributed by atoms with Gasteiger partial charge in [0, 0.05) is 5.56 Å². The maximum absolute atomic E-state index is 12.5. The molecule has 0 atom stereocenters. The number of hydrogen-bond acceptors (Lipinski definition) is 9. The number of carbonyl (C=O) groups is 2. The van der Waals surface area contributed by atoms with Gasteiger partial charge in [-0.3, -0.25) is 4.79 Å². The summed E-state index contributed by atoms with van der Waals surface area (Å²) in [7, 11) is 0. The Hall–Kier alpha value is -4.09. The Morgan fingerprint density at radius 1 is 1.36 bits per heavy atom. The van der Waals surface area contributed by atoms with Crippen LogP contribution in [-0.4, -0.2) is 48.5 Å².